The lowest BCUT2D eigenvalue weighted by atomic mass is 10.2. The average Bonchev–Trinajstić information content (AvgIpc) is 2.80. The largest absolute Gasteiger partial charge is 0.494 e. The molecule has 0 unspecified atom stereocenters. The van der Waals surface area contributed by atoms with Crippen molar-refractivity contribution in [2.45, 2.75) is 26.9 Å². The standard InChI is InChI=1S/C15H20FN3O/c1-3-20-14-6-4-13(5-7-14)11-17-15-12(2)10-18-19(15)9-8-16/h4-7,10,17H,3,8-9,11H2,1-2H3. The smallest absolute Gasteiger partial charge is 0.127 e. The summed E-state index contributed by atoms with van der Waals surface area (Å²) in [4.78, 5) is 0. The number of aryl methyl sites for hydroxylation is 2. The number of alkyl halides is 1. The van der Waals surface area contributed by atoms with E-state index in [1.807, 2.05) is 38.1 Å². The van der Waals surface area contributed by atoms with Gasteiger partial charge in [0.25, 0.3) is 0 Å². The van der Waals surface area contributed by atoms with E-state index in [9.17, 15) is 4.39 Å². The van der Waals surface area contributed by atoms with Crippen LogP contribution in [0.2, 0.25) is 0 Å². The molecule has 0 bridgehead atoms. The minimum Gasteiger partial charge on any atom is -0.494 e. The Morgan fingerprint density at radius 3 is 2.70 bits per heavy atom. The molecule has 108 valence electrons. The molecule has 4 nitrogen and oxygen atoms in total. The third kappa shape index (κ3) is 3.50. The van der Waals surface area contributed by atoms with Crippen LogP contribution in [0, 0.1) is 6.92 Å². The second-order valence-electron chi connectivity index (χ2n) is 4.52. The Kier molecular flexibility index (Phi) is 4.98. The number of anilines is 1. The summed E-state index contributed by atoms with van der Waals surface area (Å²) in [6.45, 7) is 5.12. The van der Waals surface area contributed by atoms with Gasteiger partial charge in [-0.2, -0.15) is 5.10 Å². The van der Waals surface area contributed by atoms with E-state index < -0.39 is 6.67 Å². The number of benzene rings is 1. The van der Waals surface area contributed by atoms with Crippen molar-refractivity contribution in [2.75, 3.05) is 18.6 Å². The van der Waals surface area contributed by atoms with Crippen LogP contribution >= 0.6 is 0 Å². The van der Waals surface area contributed by atoms with Gasteiger partial charge in [-0.05, 0) is 31.5 Å². The van der Waals surface area contributed by atoms with Gasteiger partial charge in [0.2, 0.25) is 0 Å². The average molecular weight is 277 g/mol. The Labute approximate surface area is 118 Å². The van der Waals surface area contributed by atoms with Crippen LogP contribution in [0.1, 0.15) is 18.1 Å². The molecular weight excluding hydrogens is 257 g/mol. The van der Waals surface area contributed by atoms with E-state index in [0.29, 0.717) is 13.2 Å². The number of ether oxygens (including phenoxy) is 1. The van der Waals surface area contributed by atoms with Gasteiger partial charge in [0, 0.05) is 12.1 Å². The second-order valence-corrected chi connectivity index (χ2v) is 4.52. The van der Waals surface area contributed by atoms with Gasteiger partial charge in [0.1, 0.15) is 18.2 Å². The fraction of sp³-hybridized carbons (Fsp3) is 0.400. The summed E-state index contributed by atoms with van der Waals surface area (Å²) in [7, 11) is 0. The van der Waals surface area contributed by atoms with E-state index in [0.717, 1.165) is 22.7 Å². The van der Waals surface area contributed by atoms with Crippen LogP contribution < -0.4 is 10.1 Å². The van der Waals surface area contributed by atoms with Gasteiger partial charge >= 0.3 is 0 Å². The number of aromatic nitrogens is 2. The van der Waals surface area contributed by atoms with Gasteiger partial charge < -0.3 is 10.1 Å². The number of hydrogen-bond acceptors (Lipinski definition) is 3. The molecule has 0 aliphatic carbocycles. The van der Waals surface area contributed by atoms with E-state index in [1.54, 1.807) is 10.9 Å². The van der Waals surface area contributed by atoms with E-state index in [4.69, 9.17) is 4.74 Å². The van der Waals surface area contributed by atoms with E-state index in [2.05, 4.69) is 10.4 Å². The zero-order chi connectivity index (χ0) is 14.4. The van der Waals surface area contributed by atoms with Crippen LogP contribution in [0.15, 0.2) is 30.5 Å². The molecule has 2 aromatic rings. The van der Waals surface area contributed by atoms with Crippen molar-refractivity contribution in [3.8, 4) is 5.75 Å². The van der Waals surface area contributed by atoms with Gasteiger partial charge in [-0.1, -0.05) is 12.1 Å². The monoisotopic (exact) mass is 277 g/mol. The van der Waals surface area contributed by atoms with E-state index in [-0.39, 0.29) is 6.54 Å². The van der Waals surface area contributed by atoms with Crippen molar-refractivity contribution in [1.82, 2.24) is 9.78 Å². The predicted octanol–water partition coefficient (Wildman–Crippen LogP) is 3.17. The third-order valence-corrected chi connectivity index (χ3v) is 3.01. The highest BCUT2D eigenvalue weighted by Gasteiger charge is 2.06. The topological polar surface area (TPSA) is 39.1 Å². The molecule has 0 saturated heterocycles. The fourth-order valence-corrected chi connectivity index (χ4v) is 2.01. The highest BCUT2D eigenvalue weighted by Crippen LogP contribution is 2.17. The minimum atomic E-state index is -0.418. The zero-order valence-corrected chi connectivity index (χ0v) is 11.9. The Morgan fingerprint density at radius 2 is 2.05 bits per heavy atom. The lowest BCUT2D eigenvalue weighted by Gasteiger charge is -2.10. The second kappa shape index (κ2) is 6.93. The van der Waals surface area contributed by atoms with Crippen molar-refractivity contribution in [3.05, 3.63) is 41.6 Å². The molecule has 0 aliphatic rings. The lowest BCUT2D eigenvalue weighted by Crippen LogP contribution is -2.09. The fourth-order valence-electron chi connectivity index (χ4n) is 2.01. The quantitative estimate of drug-likeness (QED) is 0.845. The van der Waals surface area contributed by atoms with Crippen molar-refractivity contribution in [2.24, 2.45) is 0 Å². The molecule has 5 heteroatoms. The summed E-state index contributed by atoms with van der Waals surface area (Å²) in [5, 5.41) is 7.46. The molecule has 1 aromatic heterocycles. The molecule has 1 aromatic carbocycles. The molecule has 0 fully saturated rings. The van der Waals surface area contributed by atoms with Crippen LogP contribution in [0.3, 0.4) is 0 Å². The van der Waals surface area contributed by atoms with E-state index in [1.165, 1.54) is 0 Å². The van der Waals surface area contributed by atoms with Crippen molar-refractivity contribution in [1.29, 1.82) is 0 Å². The highest BCUT2D eigenvalue weighted by molar-refractivity contribution is 5.44. The van der Waals surface area contributed by atoms with E-state index >= 15 is 0 Å². The first-order valence-electron chi connectivity index (χ1n) is 6.78. The SMILES string of the molecule is CCOc1ccc(CNc2c(C)cnn2CCF)cc1. The summed E-state index contributed by atoms with van der Waals surface area (Å²) < 4.78 is 19.5. The van der Waals surface area contributed by atoms with Gasteiger partial charge in [0.15, 0.2) is 0 Å². The molecule has 0 spiro atoms. The van der Waals surface area contributed by atoms with Gasteiger partial charge in [-0.3, -0.25) is 0 Å². The summed E-state index contributed by atoms with van der Waals surface area (Å²) in [5.74, 6) is 1.74. The molecule has 1 heterocycles. The van der Waals surface area contributed by atoms with Crippen LogP contribution in [0.25, 0.3) is 0 Å². The summed E-state index contributed by atoms with van der Waals surface area (Å²) in [6, 6.07) is 7.94. The minimum absolute atomic E-state index is 0.277. The maximum Gasteiger partial charge on any atom is 0.127 e. The molecular formula is C15H20FN3O. The van der Waals surface area contributed by atoms with Crippen LogP contribution in [0.5, 0.6) is 5.75 Å². The first-order valence-corrected chi connectivity index (χ1v) is 6.78. The van der Waals surface area contributed by atoms with Gasteiger partial charge in [-0.25, -0.2) is 9.07 Å². The number of nitrogens with zero attached hydrogens (tertiary/aromatic N) is 2. The molecule has 0 radical (unpaired) electrons. The normalized spacial score (nSPS) is 10.6. The Bertz CT molecular complexity index is 537. The first-order chi connectivity index (χ1) is 9.74. The summed E-state index contributed by atoms with van der Waals surface area (Å²) in [6.07, 6.45) is 1.75. The summed E-state index contributed by atoms with van der Waals surface area (Å²) >= 11 is 0. The van der Waals surface area contributed by atoms with Crippen molar-refractivity contribution in [3.63, 3.8) is 0 Å². The maximum absolute atomic E-state index is 12.4. The Hall–Kier alpha value is -2.04. The third-order valence-electron chi connectivity index (χ3n) is 3.01. The molecule has 2 rings (SSSR count). The molecule has 0 atom stereocenters. The lowest BCUT2D eigenvalue weighted by molar-refractivity contribution is 0.340. The predicted molar refractivity (Wildman–Crippen MR) is 77.9 cm³/mol. The Morgan fingerprint density at radius 1 is 1.30 bits per heavy atom. The molecule has 20 heavy (non-hydrogen) atoms. The van der Waals surface area contributed by atoms with Crippen molar-refractivity contribution < 1.29 is 9.13 Å². The van der Waals surface area contributed by atoms with Crippen LogP contribution in [-0.4, -0.2) is 23.1 Å². The zero-order valence-electron chi connectivity index (χ0n) is 11.9. The maximum atomic E-state index is 12.4. The number of nitrogens with one attached hydrogen (secondary N) is 1. The molecule has 0 saturated carbocycles. The molecule has 0 aliphatic heterocycles. The number of rotatable bonds is 7. The molecule has 1 N–H and O–H groups in total. The van der Waals surface area contributed by atoms with Crippen molar-refractivity contribution >= 4 is 5.82 Å². The summed E-state index contributed by atoms with van der Waals surface area (Å²) in [5.41, 5.74) is 2.16. The molecule has 0 amide bonds. The van der Waals surface area contributed by atoms with Gasteiger partial charge in [-0.15, -0.1) is 0 Å². The van der Waals surface area contributed by atoms with Gasteiger partial charge in [0.05, 0.1) is 19.3 Å². The van der Waals surface area contributed by atoms with Crippen LogP contribution in [-0.2, 0) is 13.1 Å². The first kappa shape index (κ1) is 14.4. The highest BCUT2D eigenvalue weighted by atomic mass is 19.1. The Balaban J connectivity index is 1.99. The number of halogens is 1. The number of hydrogen-bond donors (Lipinski definition) is 1. The van der Waals surface area contributed by atoms with Crippen LogP contribution in [0.4, 0.5) is 10.2 Å².